The minimum atomic E-state index is -0.195. The number of aromatic nitrogens is 3. The van der Waals surface area contributed by atoms with Crippen molar-refractivity contribution in [3.8, 4) is 10.6 Å². The molecule has 0 aliphatic rings. The van der Waals surface area contributed by atoms with Gasteiger partial charge in [-0.15, -0.1) is 0 Å². The molecule has 0 aliphatic heterocycles. The monoisotopic (exact) mass is 314 g/mol. The average Bonchev–Trinajstić information content (AvgIpc) is 2.91. The van der Waals surface area contributed by atoms with Crippen molar-refractivity contribution in [3.05, 3.63) is 51.9 Å². The molecule has 0 saturated heterocycles. The molecule has 2 aromatic heterocycles. The van der Waals surface area contributed by atoms with Crippen molar-refractivity contribution < 1.29 is 0 Å². The Morgan fingerprint density at radius 2 is 1.91 bits per heavy atom. The third-order valence-corrected chi connectivity index (χ3v) is 4.46. The molecule has 0 aliphatic carbocycles. The number of hydrogen-bond acceptors (Lipinski definition) is 5. The minimum absolute atomic E-state index is 0.112. The normalized spacial score (nSPS) is 12.0. The zero-order chi connectivity index (χ0) is 15.9. The highest BCUT2D eigenvalue weighted by Gasteiger charge is 2.14. The molecule has 0 spiro atoms. The van der Waals surface area contributed by atoms with Gasteiger partial charge in [0.15, 0.2) is 0 Å². The molecule has 2 N–H and O–H groups in total. The summed E-state index contributed by atoms with van der Waals surface area (Å²) < 4.78 is 1.33. The average molecular weight is 314 g/mol. The van der Waals surface area contributed by atoms with Crippen LogP contribution in [0.1, 0.15) is 32.0 Å². The van der Waals surface area contributed by atoms with Crippen molar-refractivity contribution in [1.29, 1.82) is 0 Å². The lowest BCUT2D eigenvalue weighted by Gasteiger charge is -2.18. The lowest BCUT2D eigenvalue weighted by molar-refractivity contribution is 0.590. The summed E-state index contributed by atoms with van der Waals surface area (Å²) in [4.78, 5) is 16.9. The highest BCUT2D eigenvalue weighted by atomic mass is 32.1. The van der Waals surface area contributed by atoms with Crippen molar-refractivity contribution in [2.75, 3.05) is 0 Å². The van der Waals surface area contributed by atoms with Gasteiger partial charge in [-0.05, 0) is 11.0 Å². The zero-order valence-corrected chi connectivity index (χ0v) is 13.6. The van der Waals surface area contributed by atoms with Crippen molar-refractivity contribution >= 4 is 16.3 Å². The summed E-state index contributed by atoms with van der Waals surface area (Å²) in [5, 5.41) is 5.15. The second-order valence-corrected chi connectivity index (χ2v) is 7.17. The van der Waals surface area contributed by atoms with Crippen molar-refractivity contribution in [1.82, 2.24) is 14.6 Å². The molecule has 0 unspecified atom stereocenters. The molecule has 114 valence electrons. The van der Waals surface area contributed by atoms with Gasteiger partial charge in [0.25, 0.3) is 5.56 Å². The number of hydrogen-bond donors (Lipinski definition) is 1. The molecule has 0 saturated carbocycles. The lowest BCUT2D eigenvalue weighted by Crippen LogP contribution is -2.16. The summed E-state index contributed by atoms with van der Waals surface area (Å²) >= 11 is 1.39. The van der Waals surface area contributed by atoms with E-state index in [1.54, 1.807) is 0 Å². The molecule has 0 atom stereocenters. The predicted octanol–water partition coefficient (Wildman–Crippen LogP) is 2.57. The molecular formula is C16H18N4OS. The Morgan fingerprint density at radius 3 is 2.50 bits per heavy atom. The van der Waals surface area contributed by atoms with Crippen LogP contribution in [0.2, 0.25) is 0 Å². The van der Waals surface area contributed by atoms with E-state index in [1.807, 2.05) is 12.1 Å². The SMILES string of the molecule is CC(C)(C)c1ccc(-c2nn3c(=O)cc(CN)nc3s2)cc1. The van der Waals surface area contributed by atoms with Crippen LogP contribution in [0, 0.1) is 0 Å². The highest BCUT2D eigenvalue weighted by Crippen LogP contribution is 2.28. The molecule has 0 fully saturated rings. The molecule has 6 heteroatoms. The Bertz CT molecular complexity index is 872. The summed E-state index contributed by atoms with van der Waals surface area (Å²) in [6.07, 6.45) is 0. The van der Waals surface area contributed by atoms with Crippen molar-refractivity contribution in [2.24, 2.45) is 5.73 Å². The third-order valence-electron chi connectivity index (χ3n) is 3.51. The van der Waals surface area contributed by atoms with E-state index in [9.17, 15) is 4.79 Å². The van der Waals surface area contributed by atoms with E-state index >= 15 is 0 Å². The fraction of sp³-hybridized carbons (Fsp3) is 0.312. The number of benzene rings is 1. The van der Waals surface area contributed by atoms with Crippen molar-refractivity contribution in [3.63, 3.8) is 0 Å². The van der Waals surface area contributed by atoms with Gasteiger partial charge in [0.1, 0.15) is 5.01 Å². The van der Waals surface area contributed by atoms with Gasteiger partial charge in [0.05, 0.1) is 5.69 Å². The van der Waals surface area contributed by atoms with Crippen LogP contribution in [0.4, 0.5) is 0 Å². The quantitative estimate of drug-likeness (QED) is 0.789. The maximum absolute atomic E-state index is 12.0. The van der Waals surface area contributed by atoms with E-state index in [-0.39, 0.29) is 17.5 Å². The van der Waals surface area contributed by atoms with E-state index in [2.05, 4.69) is 43.0 Å². The smallest absolute Gasteiger partial charge is 0.275 e. The molecule has 0 radical (unpaired) electrons. The Morgan fingerprint density at radius 1 is 1.23 bits per heavy atom. The highest BCUT2D eigenvalue weighted by molar-refractivity contribution is 7.19. The second-order valence-electron chi connectivity index (χ2n) is 6.22. The summed E-state index contributed by atoms with van der Waals surface area (Å²) in [7, 11) is 0. The molecule has 5 nitrogen and oxygen atoms in total. The van der Waals surface area contributed by atoms with Gasteiger partial charge in [-0.3, -0.25) is 4.79 Å². The molecule has 2 heterocycles. The first-order valence-electron chi connectivity index (χ1n) is 7.09. The van der Waals surface area contributed by atoms with Gasteiger partial charge >= 0.3 is 0 Å². The number of rotatable bonds is 2. The fourth-order valence-corrected chi connectivity index (χ4v) is 3.12. The number of nitrogens with zero attached hydrogens (tertiary/aromatic N) is 3. The first kappa shape index (κ1) is 14.9. The fourth-order valence-electron chi connectivity index (χ4n) is 2.19. The van der Waals surface area contributed by atoms with Gasteiger partial charge in [-0.2, -0.15) is 9.61 Å². The van der Waals surface area contributed by atoms with Crippen LogP contribution in [0.15, 0.2) is 35.1 Å². The molecule has 3 rings (SSSR count). The standard InChI is InChI=1S/C16H18N4OS/c1-16(2,3)11-6-4-10(5-7-11)14-19-20-13(21)8-12(9-17)18-15(20)22-14/h4-8H,9,17H2,1-3H3. The van der Waals surface area contributed by atoms with E-state index < -0.39 is 0 Å². The van der Waals surface area contributed by atoms with Gasteiger partial charge in [0, 0.05) is 18.2 Å². The molecule has 1 aromatic carbocycles. The molecule has 22 heavy (non-hydrogen) atoms. The van der Waals surface area contributed by atoms with Crippen LogP contribution in [0.25, 0.3) is 15.5 Å². The maximum Gasteiger partial charge on any atom is 0.275 e. The van der Waals surface area contributed by atoms with Gasteiger partial charge in [-0.1, -0.05) is 56.4 Å². The van der Waals surface area contributed by atoms with Crippen LogP contribution < -0.4 is 11.3 Å². The van der Waals surface area contributed by atoms with Gasteiger partial charge in [-0.25, -0.2) is 4.98 Å². The van der Waals surface area contributed by atoms with E-state index in [0.717, 1.165) is 10.6 Å². The summed E-state index contributed by atoms with van der Waals surface area (Å²) in [6, 6.07) is 9.70. The Kier molecular flexibility index (Phi) is 3.58. The van der Waals surface area contributed by atoms with Crippen LogP contribution in [0.3, 0.4) is 0 Å². The first-order chi connectivity index (χ1) is 10.4. The van der Waals surface area contributed by atoms with Crippen LogP contribution >= 0.6 is 11.3 Å². The maximum atomic E-state index is 12.0. The van der Waals surface area contributed by atoms with E-state index in [1.165, 1.54) is 27.5 Å². The summed E-state index contributed by atoms with van der Waals surface area (Å²) in [6.45, 7) is 6.78. The Balaban J connectivity index is 2.07. The van der Waals surface area contributed by atoms with Crippen LogP contribution in [0.5, 0.6) is 0 Å². The van der Waals surface area contributed by atoms with Crippen molar-refractivity contribution in [2.45, 2.75) is 32.7 Å². The largest absolute Gasteiger partial charge is 0.325 e. The molecule has 0 bridgehead atoms. The minimum Gasteiger partial charge on any atom is -0.325 e. The summed E-state index contributed by atoms with van der Waals surface area (Å²) in [5.74, 6) is 0. The second kappa shape index (κ2) is 5.30. The topological polar surface area (TPSA) is 73.3 Å². The predicted molar refractivity (Wildman–Crippen MR) is 89.2 cm³/mol. The van der Waals surface area contributed by atoms with E-state index in [0.29, 0.717) is 10.7 Å². The zero-order valence-electron chi connectivity index (χ0n) is 12.8. The Hall–Kier alpha value is -2.05. The Labute approximate surface area is 132 Å². The number of nitrogens with two attached hydrogens (primary N) is 1. The van der Waals surface area contributed by atoms with Crippen LogP contribution in [-0.4, -0.2) is 14.6 Å². The molecule has 3 aromatic rings. The lowest BCUT2D eigenvalue weighted by atomic mass is 9.87. The number of fused-ring (bicyclic) bond motifs is 1. The van der Waals surface area contributed by atoms with E-state index in [4.69, 9.17) is 5.73 Å². The first-order valence-corrected chi connectivity index (χ1v) is 7.91. The summed E-state index contributed by atoms with van der Waals surface area (Å²) in [5.41, 5.74) is 8.31. The van der Waals surface area contributed by atoms with Crippen LogP contribution in [-0.2, 0) is 12.0 Å². The van der Waals surface area contributed by atoms with Gasteiger partial charge in [0.2, 0.25) is 4.96 Å². The molecular weight excluding hydrogens is 296 g/mol. The third kappa shape index (κ3) is 2.67. The molecule has 0 amide bonds. The van der Waals surface area contributed by atoms with Gasteiger partial charge < -0.3 is 5.73 Å².